The zero-order chi connectivity index (χ0) is 20.8. The van der Waals surface area contributed by atoms with Gasteiger partial charge in [0.05, 0.1) is 18.2 Å². The fourth-order valence-electron chi connectivity index (χ4n) is 2.93. The molecular weight excluding hydrogens is 404 g/mol. The second-order valence-electron chi connectivity index (χ2n) is 6.99. The number of halogens is 1. The van der Waals surface area contributed by atoms with E-state index in [-0.39, 0.29) is 18.4 Å². The number of nitrogens with one attached hydrogen (secondary N) is 1. The standard InChI is InChI=1S/C23H25ClN2O2S/c1-4-17-5-7-18(8-6-17)16(3)25-22(27)12-19-14-29-23(26-19)13-28-20-9-10-21(24)15(2)11-20/h5-11,14,16H,4,12-13H2,1-3H3,(H,25,27). The third-order valence-corrected chi connectivity index (χ3v) is 5.99. The maximum atomic E-state index is 12.4. The number of amides is 1. The summed E-state index contributed by atoms with van der Waals surface area (Å²) in [4.78, 5) is 16.9. The van der Waals surface area contributed by atoms with E-state index >= 15 is 0 Å². The van der Waals surface area contributed by atoms with Crippen LogP contribution < -0.4 is 10.1 Å². The Hall–Kier alpha value is -2.37. The molecule has 29 heavy (non-hydrogen) atoms. The molecule has 0 fully saturated rings. The number of ether oxygens (including phenoxy) is 1. The second kappa shape index (κ2) is 9.90. The van der Waals surface area contributed by atoms with Crippen molar-refractivity contribution >= 4 is 28.8 Å². The van der Waals surface area contributed by atoms with Crippen molar-refractivity contribution in [3.05, 3.63) is 80.3 Å². The maximum Gasteiger partial charge on any atom is 0.226 e. The minimum absolute atomic E-state index is 0.0387. The SMILES string of the molecule is CCc1ccc(C(C)NC(=O)Cc2csc(COc3ccc(Cl)c(C)c3)n2)cc1. The van der Waals surface area contributed by atoms with E-state index in [9.17, 15) is 4.79 Å². The van der Waals surface area contributed by atoms with Crippen molar-refractivity contribution < 1.29 is 9.53 Å². The van der Waals surface area contributed by atoms with Crippen LogP contribution in [-0.2, 0) is 24.2 Å². The highest BCUT2D eigenvalue weighted by Gasteiger charge is 2.12. The number of thiazole rings is 1. The fourth-order valence-corrected chi connectivity index (χ4v) is 3.75. The molecule has 0 aliphatic carbocycles. The molecular formula is C23H25ClN2O2S. The van der Waals surface area contributed by atoms with Gasteiger partial charge in [-0.15, -0.1) is 11.3 Å². The molecule has 1 heterocycles. The number of rotatable bonds is 8. The van der Waals surface area contributed by atoms with Crippen LogP contribution in [0.3, 0.4) is 0 Å². The Kier molecular flexibility index (Phi) is 7.29. The van der Waals surface area contributed by atoms with E-state index in [0.717, 1.165) is 39.0 Å². The molecule has 0 bridgehead atoms. The molecule has 2 aromatic carbocycles. The van der Waals surface area contributed by atoms with E-state index in [1.165, 1.54) is 16.9 Å². The first kappa shape index (κ1) is 21.3. The van der Waals surface area contributed by atoms with Gasteiger partial charge in [-0.05, 0) is 55.2 Å². The normalized spacial score (nSPS) is 11.9. The molecule has 0 saturated heterocycles. The van der Waals surface area contributed by atoms with Crippen molar-refractivity contribution in [1.29, 1.82) is 0 Å². The monoisotopic (exact) mass is 428 g/mol. The Morgan fingerprint density at radius 2 is 2.00 bits per heavy atom. The molecule has 1 N–H and O–H groups in total. The van der Waals surface area contributed by atoms with Gasteiger partial charge in [0.1, 0.15) is 17.4 Å². The average Bonchev–Trinajstić information content (AvgIpc) is 3.16. The molecule has 6 heteroatoms. The second-order valence-corrected chi connectivity index (χ2v) is 8.34. The van der Waals surface area contributed by atoms with Crippen LogP contribution in [0.5, 0.6) is 5.75 Å². The van der Waals surface area contributed by atoms with Crippen LogP contribution in [0.4, 0.5) is 0 Å². The summed E-state index contributed by atoms with van der Waals surface area (Å²) in [5, 5.41) is 6.51. The minimum Gasteiger partial charge on any atom is -0.486 e. The molecule has 0 aliphatic heterocycles. The minimum atomic E-state index is -0.0389. The first-order chi connectivity index (χ1) is 13.9. The lowest BCUT2D eigenvalue weighted by Crippen LogP contribution is -2.28. The maximum absolute atomic E-state index is 12.4. The van der Waals surface area contributed by atoms with Crippen LogP contribution in [0.25, 0.3) is 0 Å². The summed E-state index contributed by atoms with van der Waals surface area (Å²) in [6.07, 6.45) is 1.27. The molecule has 0 spiro atoms. The number of hydrogen-bond acceptors (Lipinski definition) is 4. The van der Waals surface area contributed by atoms with E-state index in [0.29, 0.717) is 6.61 Å². The van der Waals surface area contributed by atoms with E-state index in [1.807, 2.05) is 37.4 Å². The zero-order valence-electron chi connectivity index (χ0n) is 16.9. The van der Waals surface area contributed by atoms with Crippen molar-refractivity contribution in [2.24, 2.45) is 0 Å². The van der Waals surface area contributed by atoms with Crippen LogP contribution >= 0.6 is 22.9 Å². The first-order valence-corrected chi connectivity index (χ1v) is 10.9. The van der Waals surface area contributed by atoms with Gasteiger partial charge < -0.3 is 10.1 Å². The summed E-state index contributed by atoms with van der Waals surface area (Å²) in [6, 6.07) is 13.9. The molecule has 3 rings (SSSR count). The van der Waals surface area contributed by atoms with Gasteiger partial charge in [0.25, 0.3) is 0 Å². The quantitative estimate of drug-likeness (QED) is 0.503. The highest BCUT2D eigenvalue weighted by molar-refractivity contribution is 7.09. The van der Waals surface area contributed by atoms with Gasteiger partial charge in [-0.3, -0.25) is 4.79 Å². The molecule has 0 aliphatic rings. The van der Waals surface area contributed by atoms with Crippen LogP contribution in [0.1, 0.15) is 47.3 Å². The summed E-state index contributed by atoms with van der Waals surface area (Å²) in [7, 11) is 0. The smallest absolute Gasteiger partial charge is 0.226 e. The summed E-state index contributed by atoms with van der Waals surface area (Å²) < 4.78 is 5.78. The Bertz CT molecular complexity index is 969. The van der Waals surface area contributed by atoms with Gasteiger partial charge in [0.15, 0.2) is 0 Å². The molecule has 0 saturated carbocycles. The molecule has 1 aromatic heterocycles. The summed E-state index contributed by atoms with van der Waals surface area (Å²) in [5.74, 6) is 0.715. The van der Waals surface area contributed by atoms with E-state index < -0.39 is 0 Å². The lowest BCUT2D eigenvalue weighted by Gasteiger charge is -2.14. The van der Waals surface area contributed by atoms with Crippen LogP contribution in [0, 0.1) is 6.92 Å². The van der Waals surface area contributed by atoms with Gasteiger partial charge in [0.2, 0.25) is 5.91 Å². The largest absolute Gasteiger partial charge is 0.486 e. The number of carbonyl (C=O) groups excluding carboxylic acids is 1. The molecule has 1 atom stereocenters. The third-order valence-electron chi connectivity index (χ3n) is 4.70. The zero-order valence-corrected chi connectivity index (χ0v) is 18.4. The summed E-state index contributed by atoms with van der Waals surface area (Å²) in [6.45, 7) is 6.43. The molecule has 1 amide bonds. The van der Waals surface area contributed by atoms with Crippen molar-refractivity contribution in [2.45, 2.75) is 46.3 Å². The van der Waals surface area contributed by atoms with E-state index in [2.05, 4.69) is 41.5 Å². The molecule has 152 valence electrons. The average molecular weight is 429 g/mol. The lowest BCUT2D eigenvalue weighted by molar-refractivity contribution is -0.121. The third kappa shape index (κ3) is 6.05. The van der Waals surface area contributed by atoms with E-state index in [4.69, 9.17) is 16.3 Å². The van der Waals surface area contributed by atoms with Crippen LogP contribution in [0.15, 0.2) is 47.8 Å². The Labute approximate surface area is 180 Å². The number of nitrogens with zero attached hydrogens (tertiary/aromatic N) is 1. The van der Waals surface area contributed by atoms with Crippen molar-refractivity contribution in [3.63, 3.8) is 0 Å². The highest BCUT2D eigenvalue weighted by Crippen LogP contribution is 2.22. The fraction of sp³-hybridized carbons (Fsp3) is 0.304. The van der Waals surface area contributed by atoms with Gasteiger partial charge >= 0.3 is 0 Å². The number of hydrogen-bond donors (Lipinski definition) is 1. The van der Waals surface area contributed by atoms with E-state index in [1.54, 1.807) is 0 Å². The number of benzene rings is 2. The van der Waals surface area contributed by atoms with Gasteiger partial charge in [0, 0.05) is 10.4 Å². The Morgan fingerprint density at radius 1 is 1.24 bits per heavy atom. The van der Waals surface area contributed by atoms with Gasteiger partial charge in [-0.1, -0.05) is 42.8 Å². The number of carbonyl (C=O) groups is 1. The Balaban J connectivity index is 1.50. The molecule has 3 aromatic rings. The van der Waals surface area contributed by atoms with Crippen molar-refractivity contribution in [2.75, 3.05) is 0 Å². The summed E-state index contributed by atoms with van der Waals surface area (Å²) in [5.41, 5.74) is 4.12. The highest BCUT2D eigenvalue weighted by atomic mass is 35.5. The topological polar surface area (TPSA) is 51.2 Å². The predicted octanol–water partition coefficient (Wildman–Crippen LogP) is 5.67. The molecule has 4 nitrogen and oxygen atoms in total. The molecule has 1 unspecified atom stereocenters. The van der Waals surface area contributed by atoms with Crippen LogP contribution in [0.2, 0.25) is 5.02 Å². The lowest BCUT2D eigenvalue weighted by atomic mass is 10.0. The van der Waals surface area contributed by atoms with Crippen molar-refractivity contribution in [1.82, 2.24) is 10.3 Å². The Morgan fingerprint density at radius 3 is 2.69 bits per heavy atom. The van der Waals surface area contributed by atoms with Gasteiger partial charge in [-0.2, -0.15) is 0 Å². The van der Waals surface area contributed by atoms with Crippen LogP contribution in [-0.4, -0.2) is 10.9 Å². The summed E-state index contributed by atoms with van der Waals surface area (Å²) >= 11 is 7.53. The van der Waals surface area contributed by atoms with Crippen molar-refractivity contribution in [3.8, 4) is 5.75 Å². The molecule has 0 radical (unpaired) electrons. The van der Waals surface area contributed by atoms with Gasteiger partial charge in [-0.25, -0.2) is 4.98 Å². The number of aromatic nitrogens is 1. The predicted molar refractivity (Wildman–Crippen MR) is 119 cm³/mol. The first-order valence-electron chi connectivity index (χ1n) is 9.65. The number of aryl methyl sites for hydroxylation is 2.